The van der Waals surface area contributed by atoms with Crippen molar-refractivity contribution in [1.29, 1.82) is 0 Å². The summed E-state index contributed by atoms with van der Waals surface area (Å²) < 4.78 is 10.7. The Morgan fingerprint density at radius 1 is 1.43 bits per heavy atom. The van der Waals surface area contributed by atoms with Crippen molar-refractivity contribution in [2.45, 2.75) is 38.0 Å². The first-order chi connectivity index (χ1) is 10.3. The maximum atomic E-state index is 10.2. The third-order valence-corrected chi connectivity index (χ3v) is 4.66. The summed E-state index contributed by atoms with van der Waals surface area (Å²) in [5, 5.41) is 10.2. The van der Waals surface area contributed by atoms with E-state index in [0.717, 1.165) is 25.9 Å². The number of rotatable bonds is 4. The van der Waals surface area contributed by atoms with Crippen LogP contribution in [0.4, 0.5) is 0 Å². The molecule has 3 rings (SSSR count). The van der Waals surface area contributed by atoms with E-state index >= 15 is 0 Å². The SMILES string of the molecule is COc1ccc(CN2CCC[C@@H]2[C@H]2COCC[C@H]2O)cn1. The molecule has 2 saturated heterocycles. The standard InChI is InChI=1S/C16H24N2O3/c1-20-16-5-4-12(9-17-16)10-18-7-2-3-14(18)13-11-21-8-6-15(13)19/h4-5,9,13-15,19H,2-3,6-8,10-11H2,1H3/t13-,14-,15-/m1/s1. The molecule has 0 radical (unpaired) electrons. The van der Waals surface area contributed by atoms with Crippen molar-refractivity contribution in [1.82, 2.24) is 9.88 Å². The van der Waals surface area contributed by atoms with Gasteiger partial charge in [0.25, 0.3) is 0 Å². The minimum Gasteiger partial charge on any atom is -0.481 e. The molecule has 3 heterocycles. The van der Waals surface area contributed by atoms with E-state index in [1.807, 2.05) is 12.3 Å². The Hall–Kier alpha value is -1.17. The van der Waals surface area contributed by atoms with E-state index in [1.165, 1.54) is 12.0 Å². The molecular formula is C16H24N2O3. The molecule has 0 aromatic carbocycles. The molecule has 21 heavy (non-hydrogen) atoms. The number of hydrogen-bond acceptors (Lipinski definition) is 5. The molecule has 0 aliphatic carbocycles. The van der Waals surface area contributed by atoms with Crippen LogP contribution in [0.25, 0.3) is 0 Å². The third-order valence-electron chi connectivity index (χ3n) is 4.66. The Morgan fingerprint density at radius 3 is 3.05 bits per heavy atom. The molecule has 0 amide bonds. The average Bonchev–Trinajstić information content (AvgIpc) is 2.96. The van der Waals surface area contributed by atoms with Crippen molar-refractivity contribution in [3.63, 3.8) is 0 Å². The number of ether oxygens (including phenoxy) is 2. The second-order valence-corrected chi connectivity index (χ2v) is 5.98. The van der Waals surface area contributed by atoms with E-state index in [2.05, 4.69) is 16.0 Å². The molecule has 0 saturated carbocycles. The molecule has 1 N–H and O–H groups in total. The predicted octanol–water partition coefficient (Wildman–Crippen LogP) is 1.45. The lowest BCUT2D eigenvalue weighted by atomic mass is 9.89. The summed E-state index contributed by atoms with van der Waals surface area (Å²) in [5.41, 5.74) is 1.19. The second kappa shape index (κ2) is 6.73. The van der Waals surface area contributed by atoms with Crippen molar-refractivity contribution in [2.75, 3.05) is 26.9 Å². The normalized spacial score (nSPS) is 30.5. The maximum Gasteiger partial charge on any atom is 0.212 e. The van der Waals surface area contributed by atoms with Gasteiger partial charge in [-0.1, -0.05) is 6.07 Å². The first-order valence-electron chi connectivity index (χ1n) is 7.76. The number of aromatic nitrogens is 1. The van der Waals surface area contributed by atoms with Crippen molar-refractivity contribution in [3.05, 3.63) is 23.9 Å². The van der Waals surface area contributed by atoms with Gasteiger partial charge in [-0.15, -0.1) is 0 Å². The number of likely N-dealkylation sites (tertiary alicyclic amines) is 1. The van der Waals surface area contributed by atoms with Crippen molar-refractivity contribution < 1.29 is 14.6 Å². The second-order valence-electron chi connectivity index (χ2n) is 5.98. The number of aliphatic hydroxyl groups is 1. The fourth-order valence-corrected chi connectivity index (χ4v) is 3.51. The molecule has 5 heteroatoms. The molecule has 2 aliphatic heterocycles. The molecular weight excluding hydrogens is 268 g/mol. The van der Waals surface area contributed by atoms with Gasteiger partial charge in [0.2, 0.25) is 5.88 Å². The molecule has 3 atom stereocenters. The maximum absolute atomic E-state index is 10.2. The number of pyridine rings is 1. The Kier molecular flexibility index (Phi) is 4.73. The average molecular weight is 292 g/mol. The molecule has 1 aromatic heterocycles. The zero-order valence-corrected chi connectivity index (χ0v) is 12.6. The fourth-order valence-electron chi connectivity index (χ4n) is 3.51. The quantitative estimate of drug-likeness (QED) is 0.910. The lowest BCUT2D eigenvalue weighted by molar-refractivity contribution is -0.0636. The van der Waals surface area contributed by atoms with Crippen molar-refractivity contribution in [3.8, 4) is 5.88 Å². The van der Waals surface area contributed by atoms with Gasteiger partial charge in [0, 0.05) is 37.4 Å². The summed E-state index contributed by atoms with van der Waals surface area (Å²) in [7, 11) is 1.63. The summed E-state index contributed by atoms with van der Waals surface area (Å²) in [6.07, 6.45) is 4.76. The fraction of sp³-hybridized carbons (Fsp3) is 0.688. The van der Waals surface area contributed by atoms with Crippen LogP contribution in [-0.2, 0) is 11.3 Å². The van der Waals surface area contributed by atoms with Crippen LogP contribution in [-0.4, -0.2) is 54.0 Å². The smallest absolute Gasteiger partial charge is 0.212 e. The lowest BCUT2D eigenvalue weighted by Crippen LogP contribution is -2.45. The Labute approximate surface area is 125 Å². The minimum atomic E-state index is -0.224. The first kappa shape index (κ1) is 14.8. The van der Waals surface area contributed by atoms with Crippen LogP contribution in [0.3, 0.4) is 0 Å². The highest BCUT2D eigenvalue weighted by molar-refractivity contribution is 5.18. The van der Waals surface area contributed by atoms with Gasteiger partial charge in [-0.3, -0.25) is 4.90 Å². The Morgan fingerprint density at radius 2 is 2.33 bits per heavy atom. The van der Waals surface area contributed by atoms with Crippen molar-refractivity contribution in [2.24, 2.45) is 5.92 Å². The first-order valence-corrected chi connectivity index (χ1v) is 7.76. The third kappa shape index (κ3) is 3.36. The Bertz CT molecular complexity index is 451. The van der Waals surface area contributed by atoms with Gasteiger partial charge in [0.1, 0.15) is 0 Å². The van der Waals surface area contributed by atoms with Crippen molar-refractivity contribution >= 4 is 0 Å². The summed E-state index contributed by atoms with van der Waals surface area (Å²) >= 11 is 0. The largest absolute Gasteiger partial charge is 0.481 e. The van der Waals surface area contributed by atoms with Gasteiger partial charge in [0.05, 0.1) is 19.8 Å². The summed E-state index contributed by atoms with van der Waals surface area (Å²) in [5.74, 6) is 0.889. The number of hydrogen-bond donors (Lipinski definition) is 1. The van der Waals surface area contributed by atoms with Gasteiger partial charge in [-0.25, -0.2) is 4.98 Å². The highest BCUT2D eigenvalue weighted by atomic mass is 16.5. The van der Waals surface area contributed by atoms with Gasteiger partial charge in [0.15, 0.2) is 0 Å². The van der Waals surface area contributed by atoms with E-state index in [9.17, 15) is 5.11 Å². The molecule has 2 aliphatic rings. The van der Waals surface area contributed by atoms with Crippen LogP contribution in [0.5, 0.6) is 5.88 Å². The Balaban J connectivity index is 1.65. The van der Waals surface area contributed by atoms with E-state index in [1.54, 1.807) is 7.11 Å². The van der Waals surface area contributed by atoms with Gasteiger partial charge < -0.3 is 14.6 Å². The molecule has 0 unspecified atom stereocenters. The summed E-state index contributed by atoms with van der Waals surface area (Å²) in [6.45, 7) is 3.33. The molecule has 2 fully saturated rings. The van der Waals surface area contributed by atoms with E-state index in [4.69, 9.17) is 9.47 Å². The van der Waals surface area contributed by atoms with E-state index in [-0.39, 0.29) is 12.0 Å². The summed E-state index contributed by atoms with van der Waals surface area (Å²) in [4.78, 5) is 6.73. The van der Waals surface area contributed by atoms with Crippen LogP contribution >= 0.6 is 0 Å². The number of aliphatic hydroxyl groups excluding tert-OH is 1. The lowest BCUT2D eigenvalue weighted by Gasteiger charge is -2.37. The van der Waals surface area contributed by atoms with E-state index in [0.29, 0.717) is 25.1 Å². The molecule has 0 bridgehead atoms. The van der Waals surface area contributed by atoms with Gasteiger partial charge in [-0.05, 0) is 31.4 Å². The monoisotopic (exact) mass is 292 g/mol. The number of methoxy groups -OCH3 is 1. The van der Waals surface area contributed by atoms with E-state index < -0.39 is 0 Å². The summed E-state index contributed by atoms with van der Waals surface area (Å²) in [6, 6.07) is 4.39. The van der Waals surface area contributed by atoms with Crippen LogP contribution < -0.4 is 4.74 Å². The molecule has 116 valence electrons. The zero-order valence-electron chi connectivity index (χ0n) is 12.6. The van der Waals surface area contributed by atoms with Crippen LogP contribution in [0.15, 0.2) is 18.3 Å². The molecule has 0 spiro atoms. The highest BCUT2D eigenvalue weighted by Crippen LogP contribution is 2.30. The highest BCUT2D eigenvalue weighted by Gasteiger charge is 2.37. The van der Waals surface area contributed by atoms with Gasteiger partial charge in [-0.2, -0.15) is 0 Å². The topological polar surface area (TPSA) is 54.8 Å². The van der Waals surface area contributed by atoms with Crippen LogP contribution in [0.2, 0.25) is 0 Å². The molecule has 1 aromatic rings. The van der Waals surface area contributed by atoms with Crippen LogP contribution in [0, 0.1) is 5.92 Å². The number of nitrogens with zero attached hydrogens (tertiary/aromatic N) is 2. The van der Waals surface area contributed by atoms with Crippen LogP contribution in [0.1, 0.15) is 24.8 Å². The minimum absolute atomic E-state index is 0.224. The molecule has 5 nitrogen and oxygen atoms in total. The van der Waals surface area contributed by atoms with Gasteiger partial charge >= 0.3 is 0 Å². The predicted molar refractivity (Wildman–Crippen MR) is 79.2 cm³/mol. The zero-order chi connectivity index (χ0) is 14.7.